The van der Waals surface area contributed by atoms with E-state index in [2.05, 4.69) is 4.74 Å². The van der Waals surface area contributed by atoms with E-state index in [1.165, 1.54) is 23.5 Å². The number of aliphatic hydroxyl groups excluding tert-OH is 2. The molecule has 2 N–H and O–H groups in total. The molecule has 0 saturated carbocycles. The molecule has 0 radical (unpaired) electrons. The molecule has 1 aromatic rings. The lowest BCUT2D eigenvalue weighted by Gasteiger charge is -2.12. The number of aliphatic hydroxyl groups is 2. The SMILES string of the molecule is N#COc1ccc(CS[C@H]2S[C@H](CO)[C@@H](O)[C@@H]2F)cc1. The monoisotopic (exact) mass is 315 g/mol. The Bertz CT molecular complexity index is 479. The molecule has 0 spiro atoms. The smallest absolute Gasteiger partial charge is 0.292 e. The summed E-state index contributed by atoms with van der Waals surface area (Å²) in [7, 11) is 0. The van der Waals surface area contributed by atoms with Gasteiger partial charge in [0.1, 0.15) is 18.0 Å². The molecule has 0 unspecified atom stereocenters. The number of thioether (sulfide) groups is 2. The van der Waals surface area contributed by atoms with Crippen LogP contribution in [0.5, 0.6) is 5.75 Å². The molecule has 1 aliphatic rings. The first kappa shape index (κ1) is 15.4. The van der Waals surface area contributed by atoms with E-state index >= 15 is 0 Å². The van der Waals surface area contributed by atoms with Crippen molar-refractivity contribution in [1.29, 1.82) is 5.26 Å². The molecule has 0 aliphatic carbocycles. The largest absolute Gasteiger partial charge is 0.395 e. The second kappa shape index (κ2) is 7.18. The predicted octanol–water partition coefficient (Wildman–Crippen LogP) is 1.91. The molecule has 7 heteroatoms. The summed E-state index contributed by atoms with van der Waals surface area (Å²) < 4.78 is 18.1. The maximum atomic E-state index is 13.8. The van der Waals surface area contributed by atoms with Gasteiger partial charge in [-0.3, -0.25) is 0 Å². The molecule has 1 heterocycles. The number of benzene rings is 1. The molecule has 1 fully saturated rings. The number of nitrogens with zero attached hydrogens (tertiary/aromatic N) is 1. The van der Waals surface area contributed by atoms with E-state index in [0.29, 0.717) is 11.5 Å². The summed E-state index contributed by atoms with van der Waals surface area (Å²) in [6.07, 6.45) is -0.841. The summed E-state index contributed by atoms with van der Waals surface area (Å²) in [6.45, 7) is -0.219. The van der Waals surface area contributed by atoms with E-state index in [-0.39, 0.29) is 11.2 Å². The lowest BCUT2D eigenvalue weighted by atomic mass is 10.2. The van der Waals surface area contributed by atoms with Crippen molar-refractivity contribution in [3.63, 3.8) is 0 Å². The second-order valence-electron chi connectivity index (χ2n) is 4.31. The van der Waals surface area contributed by atoms with Gasteiger partial charge >= 0.3 is 0 Å². The van der Waals surface area contributed by atoms with Crippen molar-refractivity contribution in [3.8, 4) is 12.0 Å². The Morgan fingerprint density at radius 1 is 1.40 bits per heavy atom. The first-order chi connectivity index (χ1) is 9.65. The van der Waals surface area contributed by atoms with Crippen LogP contribution in [0.2, 0.25) is 0 Å². The van der Waals surface area contributed by atoms with E-state index in [1.807, 2.05) is 12.1 Å². The zero-order chi connectivity index (χ0) is 14.5. The molecule has 20 heavy (non-hydrogen) atoms. The van der Waals surface area contributed by atoms with Gasteiger partial charge in [0, 0.05) is 5.75 Å². The van der Waals surface area contributed by atoms with Gasteiger partial charge in [-0.1, -0.05) is 12.1 Å². The highest BCUT2D eigenvalue weighted by Gasteiger charge is 2.43. The Morgan fingerprint density at radius 2 is 2.10 bits per heavy atom. The molecular formula is C13H14FNO3S2. The van der Waals surface area contributed by atoms with Crippen LogP contribution in [0.15, 0.2) is 24.3 Å². The highest BCUT2D eigenvalue weighted by molar-refractivity contribution is 8.17. The summed E-state index contributed by atoms with van der Waals surface area (Å²) in [6, 6.07) is 6.98. The van der Waals surface area contributed by atoms with Gasteiger partial charge in [-0.05, 0) is 17.7 Å². The summed E-state index contributed by atoms with van der Waals surface area (Å²) in [5.41, 5.74) is 0.982. The normalized spacial score (nSPS) is 29.1. The quantitative estimate of drug-likeness (QED) is 0.809. The summed E-state index contributed by atoms with van der Waals surface area (Å²) in [4.78, 5) is 0. The van der Waals surface area contributed by atoms with Crippen LogP contribution in [-0.2, 0) is 5.75 Å². The maximum absolute atomic E-state index is 13.8. The molecule has 1 aromatic carbocycles. The third-order valence-electron chi connectivity index (χ3n) is 2.96. The summed E-state index contributed by atoms with van der Waals surface area (Å²) in [5, 5.41) is 26.6. The van der Waals surface area contributed by atoms with Crippen LogP contribution in [0.3, 0.4) is 0 Å². The minimum atomic E-state index is -1.33. The van der Waals surface area contributed by atoms with Crippen LogP contribution in [0.1, 0.15) is 5.56 Å². The summed E-state index contributed by atoms with van der Waals surface area (Å²) in [5.74, 6) is 1.06. The zero-order valence-corrected chi connectivity index (χ0v) is 12.1. The van der Waals surface area contributed by atoms with Crippen molar-refractivity contribution in [1.82, 2.24) is 0 Å². The number of nitriles is 1. The van der Waals surface area contributed by atoms with E-state index < -0.39 is 17.5 Å². The van der Waals surface area contributed by atoms with Crippen molar-refractivity contribution in [2.24, 2.45) is 0 Å². The number of hydrogen-bond donors (Lipinski definition) is 2. The van der Waals surface area contributed by atoms with Gasteiger partial charge in [0.05, 0.1) is 16.4 Å². The van der Waals surface area contributed by atoms with Gasteiger partial charge in [-0.15, -0.1) is 28.8 Å². The van der Waals surface area contributed by atoms with Crippen LogP contribution >= 0.6 is 23.5 Å². The molecular weight excluding hydrogens is 301 g/mol. The third kappa shape index (κ3) is 3.58. The van der Waals surface area contributed by atoms with E-state index in [9.17, 15) is 9.50 Å². The van der Waals surface area contributed by atoms with Crippen molar-refractivity contribution in [3.05, 3.63) is 29.8 Å². The molecule has 0 bridgehead atoms. The molecule has 1 aliphatic heterocycles. The van der Waals surface area contributed by atoms with Gasteiger partial charge in [-0.2, -0.15) is 0 Å². The Hall–Kier alpha value is -0.940. The first-order valence-corrected chi connectivity index (χ1v) is 8.00. The lowest BCUT2D eigenvalue weighted by Crippen LogP contribution is -2.29. The number of rotatable bonds is 5. The Morgan fingerprint density at radius 3 is 2.65 bits per heavy atom. The molecule has 4 atom stereocenters. The van der Waals surface area contributed by atoms with Crippen molar-refractivity contribution in [2.45, 2.75) is 27.9 Å². The van der Waals surface area contributed by atoms with Crippen molar-refractivity contribution >= 4 is 23.5 Å². The zero-order valence-electron chi connectivity index (χ0n) is 10.5. The van der Waals surface area contributed by atoms with Crippen LogP contribution in [0, 0.1) is 11.5 Å². The minimum absolute atomic E-state index is 0.219. The fourth-order valence-corrected chi connectivity index (χ4v) is 4.75. The Kier molecular flexibility index (Phi) is 5.54. The average Bonchev–Trinajstić information content (AvgIpc) is 2.74. The summed E-state index contributed by atoms with van der Waals surface area (Å²) >= 11 is 2.68. The van der Waals surface area contributed by atoms with Crippen molar-refractivity contribution in [2.75, 3.05) is 6.61 Å². The molecule has 4 nitrogen and oxygen atoms in total. The van der Waals surface area contributed by atoms with Crippen LogP contribution in [0.25, 0.3) is 0 Å². The number of hydrogen-bond acceptors (Lipinski definition) is 6. The van der Waals surface area contributed by atoms with Crippen molar-refractivity contribution < 1.29 is 19.3 Å². The van der Waals surface area contributed by atoms with E-state index in [1.54, 1.807) is 18.4 Å². The highest BCUT2D eigenvalue weighted by Crippen LogP contribution is 2.43. The van der Waals surface area contributed by atoms with Gasteiger partial charge in [0.15, 0.2) is 0 Å². The number of halogens is 1. The highest BCUT2D eigenvalue weighted by atomic mass is 32.2. The van der Waals surface area contributed by atoms with Crippen LogP contribution < -0.4 is 4.74 Å². The second-order valence-corrected chi connectivity index (χ2v) is 7.12. The Labute approximate surface area is 124 Å². The third-order valence-corrected chi connectivity index (χ3v) is 6.09. The predicted molar refractivity (Wildman–Crippen MR) is 77.1 cm³/mol. The maximum Gasteiger partial charge on any atom is 0.292 e. The molecule has 0 amide bonds. The first-order valence-electron chi connectivity index (χ1n) is 6.00. The molecule has 108 valence electrons. The van der Waals surface area contributed by atoms with Crippen LogP contribution in [-0.4, -0.2) is 38.9 Å². The van der Waals surface area contributed by atoms with E-state index in [0.717, 1.165) is 5.56 Å². The average molecular weight is 315 g/mol. The number of alkyl halides is 1. The fourth-order valence-electron chi connectivity index (χ4n) is 1.86. The van der Waals surface area contributed by atoms with Gasteiger partial charge in [-0.25, -0.2) is 4.39 Å². The molecule has 2 rings (SSSR count). The molecule has 0 aromatic heterocycles. The Balaban J connectivity index is 1.88. The number of ether oxygens (including phenoxy) is 1. The topological polar surface area (TPSA) is 73.5 Å². The van der Waals surface area contributed by atoms with Gasteiger partial charge < -0.3 is 14.9 Å². The lowest BCUT2D eigenvalue weighted by molar-refractivity contribution is 0.0789. The van der Waals surface area contributed by atoms with E-state index in [4.69, 9.17) is 10.4 Å². The minimum Gasteiger partial charge on any atom is -0.395 e. The fraction of sp³-hybridized carbons (Fsp3) is 0.462. The van der Waals surface area contributed by atoms with Gasteiger partial charge in [0.2, 0.25) is 0 Å². The van der Waals surface area contributed by atoms with Crippen LogP contribution in [0.4, 0.5) is 4.39 Å². The standard InChI is InChI=1S/C13H14FNO3S2/c14-11-12(17)10(5-16)20-13(11)19-6-8-1-3-9(4-2-8)18-7-15/h1-4,10-13,16-17H,5-6H2/t10-,11+,12-,13+/m1/s1. The van der Waals surface area contributed by atoms with Gasteiger partial charge in [0.25, 0.3) is 6.26 Å². The molecule has 1 saturated heterocycles.